The number of sulfonamides is 1. The molecule has 9 heteroatoms. The molecule has 0 fully saturated rings. The summed E-state index contributed by atoms with van der Waals surface area (Å²) in [4.78, 5) is 13.5. The van der Waals surface area contributed by atoms with Gasteiger partial charge in [-0.3, -0.25) is 18.1 Å². The van der Waals surface area contributed by atoms with Crippen LogP contribution in [0.25, 0.3) is 27.5 Å². The van der Waals surface area contributed by atoms with Crippen molar-refractivity contribution in [1.82, 2.24) is 19.2 Å². The monoisotopic (exact) mass is 473 g/mol. The second-order valence-electron chi connectivity index (χ2n) is 8.58. The van der Waals surface area contributed by atoms with E-state index in [0.717, 1.165) is 30.0 Å². The van der Waals surface area contributed by atoms with E-state index >= 15 is 0 Å². The fourth-order valence-electron chi connectivity index (χ4n) is 4.90. The largest absolute Gasteiger partial charge is 0.276 e. The maximum atomic E-state index is 13.5. The number of unbranched alkanes of at least 4 members (excludes halogenated alkanes) is 2. The van der Waals surface area contributed by atoms with Gasteiger partial charge in [0.25, 0.3) is 15.6 Å². The normalized spacial score (nSPS) is 14.6. The lowest BCUT2D eigenvalue weighted by molar-refractivity contribution is 0.591. The fourth-order valence-corrected chi connectivity index (χ4v) is 6.56. The Balaban J connectivity index is 1.55. The molecule has 0 amide bonds. The SMILES string of the molecule is CCCCCn1c(=O)c2ccccc2n2c(CN3c4cccc5cccc(c45)S3(=O)=O)nnc12. The summed E-state index contributed by atoms with van der Waals surface area (Å²) >= 11 is 0. The van der Waals surface area contributed by atoms with E-state index in [1.165, 1.54) is 4.31 Å². The molecule has 8 nitrogen and oxygen atoms in total. The molecule has 1 aliphatic rings. The third-order valence-corrected chi connectivity index (χ3v) is 8.33. The standard InChI is InChI=1S/C25H23N5O3S/c1-2-3-6-15-28-24(31)18-11-4-5-12-19(18)30-22(26-27-25(28)30)16-29-20-13-7-9-17-10-8-14-21(23(17)20)34(29,32)33/h4-5,7-14H,2-3,6,15-16H2,1H3. The highest BCUT2D eigenvalue weighted by Crippen LogP contribution is 2.42. The van der Waals surface area contributed by atoms with E-state index in [9.17, 15) is 13.2 Å². The number of hydrogen-bond donors (Lipinski definition) is 0. The third-order valence-electron chi connectivity index (χ3n) is 6.53. The molecule has 1 aliphatic heterocycles. The Kier molecular flexibility index (Phi) is 4.70. The van der Waals surface area contributed by atoms with Crippen LogP contribution in [0.5, 0.6) is 0 Å². The first-order valence-corrected chi connectivity index (χ1v) is 12.9. The molecule has 172 valence electrons. The third kappa shape index (κ3) is 2.89. The number of hydrogen-bond acceptors (Lipinski definition) is 5. The molecule has 6 rings (SSSR count). The summed E-state index contributed by atoms with van der Waals surface area (Å²) in [6.07, 6.45) is 2.89. The van der Waals surface area contributed by atoms with Crippen molar-refractivity contribution in [1.29, 1.82) is 0 Å². The van der Waals surface area contributed by atoms with Crippen LogP contribution in [0.2, 0.25) is 0 Å². The van der Waals surface area contributed by atoms with E-state index < -0.39 is 10.0 Å². The molecule has 0 unspecified atom stereocenters. The average molecular weight is 474 g/mol. The lowest BCUT2D eigenvalue weighted by Crippen LogP contribution is -2.28. The van der Waals surface area contributed by atoms with Gasteiger partial charge >= 0.3 is 0 Å². The summed E-state index contributed by atoms with van der Waals surface area (Å²) in [6.45, 7) is 2.66. The average Bonchev–Trinajstić information content (AvgIpc) is 3.36. The van der Waals surface area contributed by atoms with Gasteiger partial charge in [0.15, 0.2) is 5.82 Å². The van der Waals surface area contributed by atoms with Crippen molar-refractivity contribution >= 4 is 43.2 Å². The number of para-hydroxylation sites is 1. The molecule has 3 heterocycles. The molecule has 5 aromatic rings. The number of aromatic nitrogens is 4. The van der Waals surface area contributed by atoms with Crippen LogP contribution in [0.1, 0.15) is 32.0 Å². The van der Waals surface area contributed by atoms with Gasteiger partial charge in [0.05, 0.1) is 28.0 Å². The smallest absolute Gasteiger partial charge is 0.265 e. The number of benzene rings is 3. The van der Waals surface area contributed by atoms with Crippen molar-refractivity contribution in [2.45, 2.75) is 44.2 Å². The van der Waals surface area contributed by atoms with E-state index in [0.29, 0.717) is 39.6 Å². The number of fused-ring (bicyclic) bond motifs is 3. The number of nitrogens with zero attached hydrogens (tertiary/aromatic N) is 5. The van der Waals surface area contributed by atoms with Crippen LogP contribution >= 0.6 is 0 Å². The molecule has 0 saturated heterocycles. The Labute approximate surface area is 196 Å². The molecular weight excluding hydrogens is 450 g/mol. The van der Waals surface area contributed by atoms with E-state index in [1.54, 1.807) is 22.8 Å². The van der Waals surface area contributed by atoms with Gasteiger partial charge in [-0.1, -0.05) is 56.2 Å². The van der Waals surface area contributed by atoms with Gasteiger partial charge in [-0.15, -0.1) is 10.2 Å². The molecular formula is C25H23N5O3S. The lowest BCUT2D eigenvalue weighted by Gasteiger charge is -2.18. The highest BCUT2D eigenvalue weighted by atomic mass is 32.2. The van der Waals surface area contributed by atoms with E-state index in [1.807, 2.05) is 46.9 Å². The van der Waals surface area contributed by atoms with Crippen molar-refractivity contribution in [2.24, 2.45) is 0 Å². The van der Waals surface area contributed by atoms with Gasteiger partial charge in [0.2, 0.25) is 5.78 Å². The van der Waals surface area contributed by atoms with Crippen LogP contribution in [-0.2, 0) is 23.1 Å². The quantitative estimate of drug-likeness (QED) is 0.347. The maximum absolute atomic E-state index is 13.5. The molecule has 0 radical (unpaired) electrons. The van der Waals surface area contributed by atoms with Crippen LogP contribution < -0.4 is 9.86 Å². The Bertz CT molecular complexity index is 1750. The van der Waals surface area contributed by atoms with E-state index in [2.05, 4.69) is 17.1 Å². The van der Waals surface area contributed by atoms with Gasteiger partial charge in [-0.2, -0.15) is 0 Å². The molecule has 0 saturated carbocycles. The van der Waals surface area contributed by atoms with Gasteiger partial charge in [-0.05, 0) is 36.1 Å². The molecule has 0 bridgehead atoms. The first-order valence-electron chi connectivity index (χ1n) is 11.4. The Morgan fingerprint density at radius 3 is 2.53 bits per heavy atom. The van der Waals surface area contributed by atoms with Gasteiger partial charge in [0, 0.05) is 11.9 Å². The summed E-state index contributed by atoms with van der Waals surface area (Å²) in [7, 11) is -3.75. The molecule has 34 heavy (non-hydrogen) atoms. The second-order valence-corrected chi connectivity index (χ2v) is 10.4. The van der Waals surface area contributed by atoms with E-state index in [-0.39, 0.29) is 12.1 Å². The van der Waals surface area contributed by atoms with Crippen LogP contribution in [0.15, 0.2) is 70.4 Å². The topological polar surface area (TPSA) is 89.6 Å². The minimum atomic E-state index is -3.75. The molecule has 0 aliphatic carbocycles. The van der Waals surface area contributed by atoms with Crippen molar-refractivity contribution < 1.29 is 8.42 Å². The number of rotatable bonds is 6. The fraction of sp³-hybridized carbons (Fsp3) is 0.240. The van der Waals surface area contributed by atoms with Gasteiger partial charge < -0.3 is 0 Å². The molecule has 0 N–H and O–H groups in total. The summed E-state index contributed by atoms with van der Waals surface area (Å²) in [5.74, 6) is 0.894. The zero-order chi connectivity index (χ0) is 23.4. The first-order chi connectivity index (χ1) is 16.5. The van der Waals surface area contributed by atoms with Crippen molar-refractivity contribution in [3.05, 3.63) is 76.8 Å². The van der Waals surface area contributed by atoms with Crippen molar-refractivity contribution in [3.8, 4) is 0 Å². The summed E-state index contributed by atoms with van der Waals surface area (Å²) in [5, 5.41) is 10.9. The summed E-state index contributed by atoms with van der Waals surface area (Å²) < 4.78 is 31.9. The highest BCUT2D eigenvalue weighted by molar-refractivity contribution is 7.93. The second kappa shape index (κ2) is 7.66. The molecule has 3 aromatic carbocycles. The predicted octanol–water partition coefficient (Wildman–Crippen LogP) is 4.10. The predicted molar refractivity (Wildman–Crippen MR) is 132 cm³/mol. The number of anilines is 1. The summed E-state index contributed by atoms with van der Waals surface area (Å²) in [6, 6.07) is 18.2. The van der Waals surface area contributed by atoms with E-state index in [4.69, 9.17) is 0 Å². The Hall–Kier alpha value is -3.72. The minimum absolute atomic E-state index is 0.00838. The molecule has 0 spiro atoms. The van der Waals surface area contributed by atoms with Gasteiger partial charge in [0.1, 0.15) is 0 Å². The van der Waals surface area contributed by atoms with Gasteiger partial charge in [-0.25, -0.2) is 8.42 Å². The van der Waals surface area contributed by atoms with Crippen LogP contribution in [0, 0.1) is 0 Å². The maximum Gasteiger partial charge on any atom is 0.265 e. The van der Waals surface area contributed by atoms with Crippen molar-refractivity contribution in [3.63, 3.8) is 0 Å². The molecule has 2 aromatic heterocycles. The van der Waals surface area contributed by atoms with Crippen LogP contribution in [0.4, 0.5) is 5.69 Å². The Morgan fingerprint density at radius 2 is 1.71 bits per heavy atom. The van der Waals surface area contributed by atoms with Crippen LogP contribution in [0.3, 0.4) is 0 Å². The molecule has 0 atom stereocenters. The zero-order valence-corrected chi connectivity index (χ0v) is 19.5. The minimum Gasteiger partial charge on any atom is -0.276 e. The first kappa shape index (κ1) is 20.9. The Morgan fingerprint density at radius 1 is 0.912 bits per heavy atom. The number of aryl methyl sites for hydroxylation is 1. The lowest BCUT2D eigenvalue weighted by atomic mass is 10.1. The summed E-state index contributed by atoms with van der Waals surface area (Å²) in [5.41, 5.74) is 1.19. The zero-order valence-electron chi connectivity index (χ0n) is 18.7. The highest BCUT2D eigenvalue weighted by Gasteiger charge is 2.36. The van der Waals surface area contributed by atoms with Crippen molar-refractivity contribution in [2.75, 3.05) is 4.31 Å². The van der Waals surface area contributed by atoms with Crippen LogP contribution in [-0.4, -0.2) is 27.6 Å².